The molecule has 1 aliphatic carbocycles. The molecule has 1 fully saturated rings. The van der Waals surface area contributed by atoms with Gasteiger partial charge in [-0.1, -0.05) is 49.6 Å². The first-order chi connectivity index (χ1) is 9.18. The number of nitrogens with zero attached hydrogens (tertiary/aromatic N) is 1. The van der Waals surface area contributed by atoms with Gasteiger partial charge in [-0.05, 0) is 44.8 Å². The van der Waals surface area contributed by atoms with E-state index in [0.717, 1.165) is 6.42 Å². The lowest BCUT2D eigenvalue weighted by atomic mass is 9.81. The van der Waals surface area contributed by atoms with Gasteiger partial charge in [-0.15, -0.1) is 0 Å². The lowest BCUT2D eigenvalue weighted by molar-refractivity contribution is 0.0154. The molecule has 0 bridgehead atoms. The summed E-state index contributed by atoms with van der Waals surface area (Å²) in [5.74, 6) is 0.491. The maximum Gasteiger partial charge on any atom is 0.0726 e. The zero-order valence-corrected chi connectivity index (χ0v) is 12.3. The summed E-state index contributed by atoms with van der Waals surface area (Å²) >= 11 is 0. The van der Waals surface area contributed by atoms with Crippen LogP contribution in [0.15, 0.2) is 30.3 Å². The monoisotopic (exact) mass is 261 g/mol. The summed E-state index contributed by atoms with van der Waals surface area (Å²) < 4.78 is 0. The van der Waals surface area contributed by atoms with E-state index in [0.29, 0.717) is 5.92 Å². The average molecular weight is 261 g/mol. The highest BCUT2D eigenvalue weighted by Crippen LogP contribution is 2.29. The fraction of sp³-hybridized carbons (Fsp3) is 0.647. The molecule has 2 unspecified atom stereocenters. The minimum Gasteiger partial charge on any atom is -0.391 e. The third-order valence-corrected chi connectivity index (χ3v) is 4.48. The molecule has 0 aliphatic heterocycles. The van der Waals surface area contributed by atoms with Gasteiger partial charge in [0.25, 0.3) is 0 Å². The maximum atomic E-state index is 10.7. The van der Waals surface area contributed by atoms with Gasteiger partial charge in [-0.2, -0.15) is 0 Å². The lowest BCUT2D eigenvalue weighted by Gasteiger charge is -2.36. The van der Waals surface area contributed by atoms with Crippen LogP contribution in [-0.2, 0) is 6.42 Å². The Balaban J connectivity index is 2.02. The Hall–Kier alpha value is -0.860. The third kappa shape index (κ3) is 4.05. The number of benzene rings is 1. The highest BCUT2D eigenvalue weighted by Gasteiger charge is 2.30. The van der Waals surface area contributed by atoms with Crippen molar-refractivity contribution in [2.24, 2.45) is 5.92 Å². The first-order valence-electron chi connectivity index (χ1n) is 7.57. The van der Waals surface area contributed by atoms with Crippen molar-refractivity contribution in [3.8, 4) is 0 Å². The predicted octanol–water partition coefficient (Wildman–Crippen LogP) is 3.10. The van der Waals surface area contributed by atoms with Gasteiger partial charge in [0, 0.05) is 6.04 Å². The Morgan fingerprint density at radius 1 is 1.11 bits per heavy atom. The summed E-state index contributed by atoms with van der Waals surface area (Å²) in [5, 5.41) is 10.7. The van der Waals surface area contributed by atoms with Crippen LogP contribution in [0.4, 0.5) is 0 Å². The standard InChI is InChI=1S/C17H27NO/c1-18(2)16(13-14-9-5-3-6-10-14)17(19)15-11-7-4-8-12-15/h3,5-6,9-10,15-17,19H,4,7-8,11-13H2,1-2H3. The quantitative estimate of drug-likeness (QED) is 0.880. The molecule has 19 heavy (non-hydrogen) atoms. The van der Waals surface area contributed by atoms with Crippen molar-refractivity contribution in [2.45, 2.75) is 50.7 Å². The fourth-order valence-electron chi connectivity index (χ4n) is 3.25. The largest absolute Gasteiger partial charge is 0.391 e. The molecular weight excluding hydrogens is 234 g/mol. The zero-order valence-electron chi connectivity index (χ0n) is 12.3. The van der Waals surface area contributed by atoms with Gasteiger partial charge in [-0.25, -0.2) is 0 Å². The van der Waals surface area contributed by atoms with E-state index in [1.807, 2.05) is 6.07 Å². The highest BCUT2D eigenvalue weighted by molar-refractivity contribution is 5.16. The smallest absolute Gasteiger partial charge is 0.0726 e. The number of rotatable bonds is 5. The molecule has 1 aromatic rings. The zero-order chi connectivity index (χ0) is 13.7. The molecule has 1 aromatic carbocycles. The van der Waals surface area contributed by atoms with Crippen molar-refractivity contribution >= 4 is 0 Å². The molecule has 1 N–H and O–H groups in total. The van der Waals surface area contributed by atoms with Crippen LogP contribution in [0.2, 0.25) is 0 Å². The molecule has 2 rings (SSSR count). The van der Waals surface area contributed by atoms with Crippen LogP contribution in [0.5, 0.6) is 0 Å². The topological polar surface area (TPSA) is 23.5 Å². The van der Waals surface area contributed by atoms with Crippen molar-refractivity contribution in [3.05, 3.63) is 35.9 Å². The van der Waals surface area contributed by atoms with Gasteiger partial charge in [0.1, 0.15) is 0 Å². The molecule has 0 saturated heterocycles. The SMILES string of the molecule is CN(C)C(Cc1ccccc1)C(O)C1CCCCC1. The molecule has 2 atom stereocenters. The summed E-state index contributed by atoms with van der Waals surface area (Å²) in [6, 6.07) is 10.7. The van der Waals surface area contributed by atoms with E-state index in [4.69, 9.17) is 0 Å². The van der Waals surface area contributed by atoms with E-state index in [-0.39, 0.29) is 12.1 Å². The molecule has 2 nitrogen and oxygen atoms in total. The number of aliphatic hydroxyl groups is 1. The molecular formula is C17H27NO. The van der Waals surface area contributed by atoms with Crippen molar-refractivity contribution in [1.29, 1.82) is 0 Å². The normalized spacial score (nSPS) is 20.4. The van der Waals surface area contributed by atoms with Crippen LogP contribution in [0.25, 0.3) is 0 Å². The Bertz CT molecular complexity index is 357. The van der Waals surface area contributed by atoms with Gasteiger partial charge < -0.3 is 10.0 Å². The first kappa shape index (κ1) is 14.5. The van der Waals surface area contributed by atoms with Crippen LogP contribution < -0.4 is 0 Å². The Morgan fingerprint density at radius 3 is 2.32 bits per heavy atom. The van der Waals surface area contributed by atoms with Crippen molar-refractivity contribution in [3.63, 3.8) is 0 Å². The van der Waals surface area contributed by atoms with Crippen LogP contribution >= 0.6 is 0 Å². The molecule has 0 heterocycles. The van der Waals surface area contributed by atoms with E-state index in [1.165, 1.54) is 37.7 Å². The second-order valence-electron chi connectivity index (χ2n) is 6.11. The van der Waals surface area contributed by atoms with E-state index in [9.17, 15) is 5.11 Å². The number of hydrogen-bond donors (Lipinski definition) is 1. The number of likely N-dealkylation sites (N-methyl/N-ethyl adjacent to an activating group) is 1. The summed E-state index contributed by atoms with van der Waals surface area (Å²) in [4.78, 5) is 2.19. The lowest BCUT2D eigenvalue weighted by Crippen LogP contribution is -2.45. The summed E-state index contributed by atoms with van der Waals surface area (Å²) in [7, 11) is 4.17. The van der Waals surface area contributed by atoms with E-state index < -0.39 is 0 Å². The molecule has 0 amide bonds. The number of hydrogen-bond acceptors (Lipinski definition) is 2. The van der Waals surface area contributed by atoms with Gasteiger partial charge in [0.2, 0.25) is 0 Å². The van der Waals surface area contributed by atoms with Crippen molar-refractivity contribution in [2.75, 3.05) is 14.1 Å². The molecule has 1 saturated carbocycles. The van der Waals surface area contributed by atoms with Crippen molar-refractivity contribution in [1.82, 2.24) is 4.90 Å². The molecule has 0 spiro atoms. The van der Waals surface area contributed by atoms with Gasteiger partial charge in [-0.3, -0.25) is 0 Å². The molecule has 106 valence electrons. The van der Waals surface area contributed by atoms with Crippen molar-refractivity contribution < 1.29 is 5.11 Å². The summed E-state index contributed by atoms with van der Waals surface area (Å²) in [6.45, 7) is 0. The summed E-state index contributed by atoms with van der Waals surface area (Å²) in [5.41, 5.74) is 1.32. The molecule has 0 aromatic heterocycles. The average Bonchev–Trinajstić information content (AvgIpc) is 2.46. The van der Waals surface area contributed by atoms with E-state index >= 15 is 0 Å². The minimum absolute atomic E-state index is 0.199. The van der Waals surface area contributed by atoms with Crippen LogP contribution in [0.1, 0.15) is 37.7 Å². The van der Waals surface area contributed by atoms with E-state index in [2.05, 4.69) is 43.3 Å². The highest BCUT2D eigenvalue weighted by atomic mass is 16.3. The maximum absolute atomic E-state index is 10.7. The van der Waals surface area contributed by atoms with Gasteiger partial charge in [0.15, 0.2) is 0 Å². The molecule has 1 aliphatic rings. The van der Waals surface area contributed by atoms with E-state index in [1.54, 1.807) is 0 Å². The predicted molar refractivity (Wildman–Crippen MR) is 80.2 cm³/mol. The Kier molecular flexibility index (Phi) is 5.41. The second kappa shape index (κ2) is 7.06. The third-order valence-electron chi connectivity index (χ3n) is 4.48. The molecule has 2 heteroatoms. The minimum atomic E-state index is -0.199. The van der Waals surface area contributed by atoms with Crippen LogP contribution in [-0.4, -0.2) is 36.2 Å². The Labute approximate surface area is 117 Å². The van der Waals surface area contributed by atoms with Crippen LogP contribution in [0, 0.1) is 5.92 Å². The Morgan fingerprint density at radius 2 is 1.74 bits per heavy atom. The number of aliphatic hydroxyl groups excluding tert-OH is 1. The molecule has 0 radical (unpaired) electrons. The van der Waals surface area contributed by atoms with Gasteiger partial charge in [0.05, 0.1) is 6.10 Å². The van der Waals surface area contributed by atoms with Gasteiger partial charge >= 0.3 is 0 Å². The van der Waals surface area contributed by atoms with Crippen LogP contribution in [0.3, 0.4) is 0 Å². The summed E-state index contributed by atoms with van der Waals surface area (Å²) in [6.07, 6.45) is 7.04. The fourth-order valence-corrected chi connectivity index (χ4v) is 3.25. The first-order valence-corrected chi connectivity index (χ1v) is 7.57. The second-order valence-corrected chi connectivity index (χ2v) is 6.11.